The Labute approximate surface area is 94.7 Å². The van der Waals surface area contributed by atoms with E-state index in [1.54, 1.807) is 24.3 Å². The fourth-order valence-electron chi connectivity index (χ4n) is 1.41. The smallest absolute Gasteiger partial charge is 0.361 e. The molecule has 1 N–H and O–H groups in total. The van der Waals surface area contributed by atoms with Crippen molar-refractivity contribution in [1.82, 2.24) is 0 Å². The molecule has 1 aromatic carbocycles. The molecule has 1 aliphatic heterocycles. The van der Waals surface area contributed by atoms with E-state index in [2.05, 4.69) is 0 Å². The quantitative estimate of drug-likeness (QED) is 0.799. The van der Waals surface area contributed by atoms with Crippen LogP contribution in [0, 0.1) is 5.41 Å². The summed E-state index contributed by atoms with van der Waals surface area (Å²) >= 11 is 0. The molecule has 0 radical (unpaired) electrons. The molecule has 1 heterocycles. The lowest BCUT2D eigenvalue weighted by atomic mass is 9.95. The van der Waals surface area contributed by atoms with Gasteiger partial charge in [0, 0.05) is 5.41 Å². The fraction of sp³-hybridized carbons (Fsp3) is 0.455. The standard InChI is InChI=1S/C11H15O4P/c1-11(7-12)8-14-16(13,15-9-11)10-5-3-2-4-6-10/h2-6,12H,7-9H2,1H3. The van der Waals surface area contributed by atoms with Gasteiger partial charge in [0.1, 0.15) is 0 Å². The number of hydrogen-bond donors (Lipinski definition) is 1. The maximum Gasteiger partial charge on any atom is 0.361 e. The Morgan fingerprint density at radius 1 is 1.31 bits per heavy atom. The third-order valence-corrected chi connectivity index (χ3v) is 4.49. The number of rotatable bonds is 2. The second kappa shape index (κ2) is 4.30. The molecule has 0 aliphatic carbocycles. The molecule has 0 aromatic heterocycles. The van der Waals surface area contributed by atoms with Crippen molar-refractivity contribution in [3.8, 4) is 0 Å². The summed E-state index contributed by atoms with van der Waals surface area (Å²) in [5, 5.41) is 9.71. The molecule has 0 spiro atoms. The summed E-state index contributed by atoms with van der Waals surface area (Å²) in [5.74, 6) is 0. The Kier molecular flexibility index (Phi) is 3.17. The van der Waals surface area contributed by atoms with Crippen LogP contribution in [0.25, 0.3) is 0 Å². The summed E-state index contributed by atoms with van der Waals surface area (Å²) in [6, 6.07) is 8.88. The Balaban J connectivity index is 2.17. The molecule has 16 heavy (non-hydrogen) atoms. The van der Waals surface area contributed by atoms with Gasteiger partial charge in [-0.25, -0.2) is 0 Å². The second-order valence-corrected chi connectivity index (χ2v) is 6.38. The van der Waals surface area contributed by atoms with Crippen LogP contribution in [0.1, 0.15) is 6.92 Å². The minimum Gasteiger partial charge on any atom is -0.396 e. The van der Waals surface area contributed by atoms with Crippen molar-refractivity contribution < 1.29 is 18.7 Å². The lowest BCUT2D eigenvalue weighted by molar-refractivity contribution is -0.00469. The molecular weight excluding hydrogens is 227 g/mol. The average molecular weight is 242 g/mol. The predicted octanol–water partition coefficient (Wildman–Crippen LogP) is 1.55. The highest BCUT2D eigenvalue weighted by atomic mass is 31.2. The van der Waals surface area contributed by atoms with Gasteiger partial charge in [0.2, 0.25) is 0 Å². The Hall–Kier alpha value is -0.670. The van der Waals surface area contributed by atoms with Gasteiger partial charge in [-0.15, -0.1) is 0 Å². The van der Waals surface area contributed by atoms with Gasteiger partial charge in [0.15, 0.2) is 0 Å². The topological polar surface area (TPSA) is 55.8 Å². The first-order valence-electron chi connectivity index (χ1n) is 5.14. The van der Waals surface area contributed by atoms with E-state index in [9.17, 15) is 4.57 Å². The maximum absolute atomic E-state index is 12.3. The molecule has 5 heteroatoms. The highest BCUT2D eigenvalue weighted by Crippen LogP contribution is 2.52. The van der Waals surface area contributed by atoms with E-state index >= 15 is 0 Å². The van der Waals surface area contributed by atoms with E-state index in [0.29, 0.717) is 5.30 Å². The van der Waals surface area contributed by atoms with Gasteiger partial charge in [-0.1, -0.05) is 25.1 Å². The molecule has 0 unspecified atom stereocenters. The van der Waals surface area contributed by atoms with Gasteiger partial charge in [-0.3, -0.25) is 4.57 Å². The monoisotopic (exact) mass is 242 g/mol. The van der Waals surface area contributed by atoms with Crippen molar-refractivity contribution in [1.29, 1.82) is 0 Å². The van der Waals surface area contributed by atoms with Crippen LogP contribution in [0.2, 0.25) is 0 Å². The minimum atomic E-state index is -3.17. The molecule has 0 amide bonds. The van der Waals surface area contributed by atoms with Crippen molar-refractivity contribution in [3.63, 3.8) is 0 Å². The van der Waals surface area contributed by atoms with Crippen LogP contribution in [0.5, 0.6) is 0 Å². The highest BCUT2D eigenvalue weighted by molar-refractivity contribution is 7.62. The Morgan fingerprint density at radius 3 is 2.38 bits per heavy atom. The van der Waals surface area contributed by atoms with E-state index in [-0.39, 0.29) is 19.8 Å². The first kappa shape index (κ1) is 11.8. The van der Waals surface area contributed by atoms with Gasteiger partial charge < -0.3 is 14.2 Å². The summed E-state index contributed by atoms with van der Waals surface area (Å²) in [6.45, 7) is 2.29. The van der Waals surface area contributed by atoms with Crippen LogP contribution in [0.4, 0.5) is 0 Å². The lowest BCUT2D eigenvalue weighted by Crippen LogP contribution is -2.37. The van der Waals surface area contributed by atoms with E-state index in [0.717, 1.165) is 0 Å². The number of hydrogen-bond acceptors (Lipinski definition) is 4. The molecule has 1 aliphatic rings. The molecular formula is C11H15O4P. The molecule has 2 rings (SSSR count). The Bertz CT molecular complexity index is 392. The van der Waals surface area contributed by atoms with Crippen molar-refractivity contribution in [2.24, 2.45) is 5.41 Å². The van der Waals surface area contributed by atoms with Crippen molar-refractivity contribution in [2.75, 3.05) is 19.8 Å². The number of aliphatic hydroxyl groups is 1. The molecule has 1 fully saturated rings. The third kappa shape index (κ3) is 2.20. The Morgan fingerprint density at radius 2 is 1.88 bits per heavy atom. The normalized spacial score (nSPS) is 34.9. The first-order valence-corrected chi connectivity index (χ1v) is 6.68. The molecule has 1 aromatic rings. The van der Waals surface area contributed by atoms with E-state index in [4.69, 9.17) is 14.2 Å². The first-order chi connectivity index (χ1) is 7.58. The summed E-state index contributed by atoms with van der Waals surface area (Å²) < 4.78 is 23.0. The number of benzene rings is 1. The zero-order valence-corrected chi connectivity index (χ0v) is 10.0. The van der Waals surface area contributed by atoms with Crippen LogP contribution in [-0.4, -0.2) is 24.9 Å². The predicted molar refractivity (Wildman–Crippen MR) is 60.8 cm³/mol. The number of aliphatic hydroxyl groups excluding tert-OH is 1. The van der Waals surface area contributed by atoms with Gasteiger partial charge in [0.05, 0.1) is 25.1 Å². The highest BCUT2D eigenvalue weighted by Gasteiger charge is 2.39. The summed E-state index contributed by atoms with van der Waals surface area (Å²) in [4.78, 5) is 0. The maximum atomic E-state index is 12.3. The molecule has 4 nitrogen and oxygen atoms in total. The summed E-state index contributed by atoms with van der Waals surface area (Å²) in [6.07, 6.45) is 0. The molecule has 0 bridgehead atoms. The largest absolute Gasteiger partial charge is 0.396 e. The van der Waals surface area contributed by atoms with Crippen molar-refractivity contribution in [3.05, 3.63) is 30.3 Å². The SMILES string of the molecule is CC1(CO)COP(=O)(c2ccccc2)OC1. The van der Waals surface area contributed by atoms with Gasteiger partial charge in [0.25, 0.3) is 0 Å². The van der Waals surface area contributed by atoms with Crippen LogP contribution < -0.4 is 5.30 Å². The lowest BCUT2D eigenvalue weighted by Gasteiger charge is -2.35. The van der Waals surface area contributed by atoms with E-state index in [1.807, 2.05) is 13.0 Å². The van der Waals surface area contributed by atoms with Crippen molar-refractivity contribution >= 4 is 12.9 Å². The summed E-state index contributed by atoms with van der Waals surface area (Å²) in [5.41, 5.74) is -0.456. The van der Waals surface area contributed by atoms with E-state index < -0.39 is 13.0 Å². The zero-order valence-electron chi connectivity index (χ0n) is 9.13. The average Bonchev–Trinajstić information content (AvgIpc) is 2.35. The van der Waals surface area contributed by atoms with E-state index in [1.165, 1.54) is 0 Å². The molecule has 0 saturated carbocycles. The van der Waals surface area contributed by atoms with Crippen LogP contribution in [-0.2, 0) is 13.6 Å². The van der Waals surface area contributed by atoms with Crippen LogP contribution in [0.15, 0.2) is 30.3 Å². The zero-order chi connectivity index (χ0) is 11.6. The third-order valence-electron chi connectivity index (χ3n) is 2.62. The fourth-order valence-corrected chi connectivity index (χ4v) is 3.28. The van der Waals surface area contributed by atoms with Crippen LogP contribution in [0.3, 0.4) is 0 Å². The van der Waals surface area contributed by atoms with Gasteiger partial charge in [-0.05, 0) is 12.1 Å². The minimum absolute atomic E-state index is 0.0399. The molecule has 0 atom stereocenters. The summed E-state index contributed by atoms with van der Waals surface area (Å²) in [7, 11) is -3.17. The van der Waals surface area contributed by atoms with Gasteiger partial charge in [-0.2, -0.15) is 0 Å². The second-order valence-electron chi connectivity index (χ2n) is 4.35. The van der Waals surface area contributed by atoms with Crippen LogP contribution >= 0.6 is 7.60 Å². The molecule has 1 saturated heterocycles. The van der Waals surface area contributed by atoms with Crippen molar-refractivity contribution in [2.45, 2.75) is 6.92 Å². The molecule has 88 valence electrons. The van der Waals surface area contributed by atoms with Gasteiger partial charge >= 0.3 is 7.60 Å².